The Morgan fingerprint density at radius 2 is 1.49 bits per heavy atom. The van der Waals surface area contributed by atoms with Gasteiger partial charge in [-0.25, -0.2) is 8.42 Å². The van der Waals surface area contributed by atoms with Crippen LogP contribution in [-0.2, 0) is 32.6 Å². The fraction of sp³-hybridized carbons (Fsp3) is 0.257. The molecule has 4 rings (SSSR count). The lowest BCUT2D eigenvalue weighted by atomic mass is 10.0. The molecule has 0 aromatic heterocycles. The highest BCUT2D eigenvalue weighted by Crippen LogP contribution is 2.32. The van der Waals surface area contributed by atoms with Crippen molar-refractivity contribution in [1.82, 2.24) is 10.2 Å². The molecule has 0 aliphatic heterocycles. The molecule has 4 aromatic carbocycles. The molecule has 1 atom stereocenters. The van der Waals surface area contributed by atoms with E-state index >= 15 is 0 Å². The van der Waals surface area contributed by atoms with E-state index in [1.165, 1.54) is 42.3 Å². The van der Waals surface area contributed by atoms with E-state index in [1.807, 2.05) is 51.1 Å². The monoisotopic (exact) mass is 715 g/mol. The van der Waals surface area contributed by atoms with Gasteiger partial charge in [0.2, 0.25) is 11.8 Å². The van der Waals surface area contributed by atoms with Gasteiger partial charge in [-0.3, -0.25) is 13.9 Å². The zero-order valence-corrected chi connectivity index (χ0v) is 29.5. The number of nitrogens with zero attached hydrogens (tertiary/aromatic N) is 2. The Hall–Kier alpha value is -3.76. The molecule has 1 N–H and O–H groups in total. The van der Waals surface area contributed by atoms with E-state index in [0.717, 1.165) is 9.87 Å². The number of methoxy groups -OCH3 is 1. The third-order valence-electron chi connectivity index (χ3n) is 7.16. The molecule has 248 valence electrons. The van der Waals surface area contributed by atoms with Crippen molar-refractivity contribution in [3.63, 3.8) is 0 Å². The van der Waals surface area contributed by atoms with Gasteiger partial charge < -0.3 is 15.0 Å². The van der Waals surface area contributed by atoms with E-state index < -0.39 is 40.0 Å². The van der Waals surface area contributed by atoms with Crippen LogP contribution in [-0.4, -0.2) is 50.4 Å². The second kappa shape index (κ2) is 15.4. The van der Waals surface area contributed by atoms with Crippen LogP contribution in [0.5, 0.6) is 5.75 Å². The van der Waals surface area contributed by atoms with Crippen LogP contribution in [0.1, 0.15) is 31.9 Å². The number of nitrogens with one attached hydrogen (secondary N) is 1. The standard InChI is InChI=1S/C35H36Cl3N3O5S/c1-35(2,3)39-34(43)31(19-24-11-7-5-8-12-24)40(22-25-15-16-26(36)20-29(25)37)33(42)23-41(27-17-18-32(46-4)30(38)21-27)47(44,45)28-13-9-6-10-14-28/h5-18,20-21,31H,19,22-23H2,1-4H3,(H,39,43)/t31-/m0/s1. The first kappa shape index (κ1) is 36.1. The van der Waals surface area contributed by atoms with Gasteiger partial charge in [0.25, 0.3) is 10.0 Å². The molecule has 0 unspecified atom stereocenters. The predicted molar refractivity (Wildman–Crippen MR) is 188 cm³/mol. The van der Waals surface area contributed by atoms with Crippen LogP contribution in [0.15, 0.2) is 102 Å². The smallest absolute Gasteiger partial charge is 0.264 e. The highest BCUT2D eigenvalue weighted by atomic mass is 35.5. The molecule has 0 bridgehead atoms. The van der Waals surface area contributed by atoms with Crippen molar-refractivity contribution < 1.29 is 22.7 Å². The molecule has 0 saturated carbocycles. The second-order valence-corrected chi connectivity index (χ2v) is 15.0. The summed E-state index contributed by atoms with van der Waals surface area (Å²) in [5.74, 6) is -0.725. The van der Waals surface area contributed by atoms with E-state index in [9.17, 15) is 18.0 Å². The molecule has 0 saturated heterocycles. The van der Waals surface area contributed by atoms with Gasteiger partial charge in [-0.05, 0) is 74.4 Å². The van der Waals surface area contributed by atoms with Crippen LogP contribution >= 0.6 is 34.8 Å². The Labute approximate surface area is 291 Å². The number of rotatable bonds is 12. The first-order valence-electron chi connectivity index (χ1n) is 14.7. The fourth-order valence-corrected chi connectivity index (χ4v) is 7.05. The lowest BCUT2D eigenvalue weighted by Gasteiger charge is -2.35. The lowest BCUT2D eigenvalue weighted by molar-refractivity contribution is -0.140. The minimum atomic E-state index is -4.30. The number of benzene rings is 4. The number of carbonyl (C=O) groups excluding carboxylic acids is 2. The van der Waals surface area contributed by atoms with Gasteiger partial charge in [-0.1, -0.05) is 89.4 Å². The van der Waals surface area contributed by atoms with Crippen LogP contribution in [0.2, 0.25) is 15.1 Å². The summed E-state index contributed by atoms with van der Waals surface area (Å²) in [5.41, 5.74) is 0.839. The zero-order chi connectivity index (χ0) is 34.4. The van der Waals surface area contributed by atoms with E-state index in [1.54, 1.807) is 36.4 Å². The van der Waals surface area contributed by atoms with Gasteiger partial charge in [-0.15, -0.1) is 0 Å². The number of anilines is 1. The van der Waals surface area contributed by atoms with E-state index in [0.29, 0.717) is 21.4 Å². The van der Waals surface area contributed by atoms with Crippen molar-refractivity contribution in [2.45, 2.75) is 50.2 Å². The molecule has 0 fully saturated rings. The summed E-state index contributed by atoms with van der Waals surface area (Å²) in [4.78, 5) is 29.9. The van der Waals surface area contributed by atoms with Crippen LogP contribution in [0.4, 0.5) is 5.69 Å². The first-order chi connectivity index (χ1) is 22.2. The number of hydrogen-bond acceptors (Lipinski definition) is 5. The molecule has 0 radical (unpaired) electrons. The van der Waals surface area contributed by atoms with Crippen molar-refractivity contribution in [1.29, 1.82) is 0 Å². The summed E-state index contributed by atoms with van der Waals surface area (Å²) in [5, 5.41) is 3.84. The van der Waals surface area contributed by atoms with Crippen molar-refractivity contribution >= 4 is 62.3 Å². The lowest BCUT2D eigenvalue weighted by Crippen LogP contribution is -2.56. The number of ether oxygens (including phenoxy) is 1. The number of halogens is 3. The quantitative estimate of drug-likeness (QED) is 0.165. The second-order valence-electron chi connectivity index (χ2n) is 11.8. The van der Waals surface area contributed by atoms with Crippen LogP contribution in [0, 0.1) is 0 Å². The van der Waals surface area contributed by atoms with E-state index in [4.69, 9.17) is 39.5 Å². The third kappa shape index (κ3) is 9.41. The topological polar surface area (TPSA) is 96.0 Å². The molecule has 8 nitrogen and oxygen atoms in total. The molecule has 12 heteroatoms. The Bertz CT molecular complexity index is 1820. The summed E-state index contributed by atoms with van der Waals surface area (Å²) in [7, 11) is -2.85. The first-order valence-corrected chi connectivity index (χ1v) is 17.3. The summed E-state index contributed by atoms with van der Waals surface area (Å²) < 4.78 is 34.6. The average Bonchev–Trinajstić information content (AvgIpc) is 3.02. The van der Waals surface area contributed by atoms with Crippen LogP contribution in [0.3, 0.4) is 0 Å². The number of hydrogen-bond donors (Lipinski definition) is 1. The predicted octanol–water partition coefficient (Wildman–Crippen LogP) is 7.41. The normalized spacial score (nSPS) is 12.2. The summed E-state index contributed by atoms with van der Waals surface area (Å²) in [6.45, 7) is 4.77. The molecule has 4 aromatic rings. The zero-order valence-electron chi connectivity index (χ0n) is 26.4. The molecular formula is C35H36Cl3N3O5S. The molecule has 0 aliphatic carbocycles. The SMILES string of the molecule is COc1ccc(N(CC(=O)N(Cc2ccc(Cl)cc2Cl)[C@@H](Cc2ccccc2)C(=O)NC(C)(C)C)S(=O)(=O)c2ccccc2)cc1Cl. The van der Waals surface area contributed by atoms with Gasteiger partial charge in [0.05, 0.1) is 22.7 Å². The Morgan fingerprint density at radius 1 is 0.851 bits per heavy atom. The van der Waals surface area contributed by atoms with Gasteiger partial charge in [0.1, 0.15) is 18.3 Å². The summed E-state index contributed by atoms with van der Waals surface area (Å²) >= 11 is 19.2. The average molecular weight is 717 g/mol. The maximum Gasteiger partial charge on any atom is 0.264 e. The Kier molecular flexibility index (Phi) is 11.8. The maximum absolute atomic E-state index is 14.6. The molecule has 0 aliphatic rings. The Balaban J connectivity index is 1.85. The minimum absolute atomic E-state index is 0.0293. The van der Waals surface area contributed by atoms with Crippen LogP contribution in [0.25, 0.3) is 0 Å². The number of amides is 2. The van der Waals surface area contributed by atoms with Crippen molar-refractivity contribution in [3.05, 3.63) is 123 Å². The Morgan fingerprint density at radius 3 is 2.06 bits per heavy atom. The molecule has 0 spiro atoms. The molecule has 2 amide bonds. The van der Waals surface area contributed by atoms with Crippen molar-refractivity contribution in [2.75, 3.05) is 18.0 Å². The highest BCUT2D eigenvalue weighted by molar-refractivity contribution is 7.92. The van der Waals surface area contributed by atoms with Gasteiger partial charge >= 0.3 is 0 Å². The van der Waals surface area contributed by atoms with Gasteiger partial charge in [-0.2, -0.15) is 0 Å². The van der Waals surface area contributed by atoms with Crippen molar-refractivity contribution in [2.24, 2.45) is 0 Å². The van der Waals surface area contributed by atoms with Crippen molar-refractivity contribution in [3.8, 4) is 5.75 Å². The molecular weight excluding hydrogens is 681 g/mol. The van der Waals surface area contributed by atoms with E-state index in [-0.39, 0.29) is 28.6 Å². The minimum Gasteiger partial charge on any atom is -0.495 e. The third-order valence-corrected chi connectivity index (χ3v) is 9.83. The molecule has 47 heavy (non-hydrogen) atoms. The van der Waals surface area contributed by atoms with Gasteiger partial charge in [0, 0.05) is 28.5 Å². The summed E-state index contributed by atoms with van der Waals surface area (Å²) in [6.07, 6.45) is 0.152. The number of sulfonamides is 1. The highest BCUT2D eigenvalue weighted by Gasteiger charge is 2.36. The van der Waals surface area contributed by atoms with Crippen LogP contribution < -0.4 is 14.4 Å². The van der Waals surface area contributed by atoms with E-state index in [2.05, 4.69) is 5.32 Å². The van der Waals surface area contributed by atoms with Gasteiger partial charge in [0.15, 0.2) is 0 Å². The maximum atomic E-state index is 14.6. The number of carbonyl (C=O) groups is 2. The largest absolute Gasteiger partial charge is 0.495 e. The molecule has 0 heterocycles. The fourth-order valence-electron chi connectivity index (χ4n) is 4.90. The summed E-state index contributed by atoms with van der Waals surface area (Å²) in [6, 6.07) is 25.3.